The number of hydrogen-bond donors (Lipinski definition) is 1. The van der Waals surface area contributed by atoms with Crippen molar-refractivity contribution in [2.75, 3.05) is 0 Å². The van der Waals surface area contributed by atoms with Crippen LogP contribution in [0.4, 0.5) is 4.39 Å². The summed E-state index contributed by atoms with van der Waals surface area (Å²) in [7, 11) is -1.16. The molecule has 2 atom stereocenters. The van der Waals surface area contributed by atoms with Crippen molar-refractivity contribution in [1.29, 1.82) is 0 Å². The molecule has 1 heterocycles. The molecule has 0 fully saturated rings. The first-order valence-corrected chi connectivity index (χ1v) is 7.90. The number of hydrogen-bond acceptors (Lipinski definition) is 2. The third kappa shape index (κ3) is 3.98. The van der Waals surface area contributed by atoms with E-state index in [4.69, 9.17) is 0 Å². The maximum absolute atomic E-state index is 12.9. The Labute approximate surface area is 127 Å². The van der Waals surface area contributed by atoms with Gasteiger partial charge in [-0.1, -0.05) is 0 Å². The maximum atomic E-state index is 12.9. The van der Waals surface area contributed by atoms with Gasteiger partial charge in [0.2, 0.25) is 0 Å². The van der Waals surface area contributed by atoms with E-state index in [1.165, 1.54) is 12.1 Å². The second-order valence-electron chi connectivity index (χ2n) is 5.90. The van der Waals surface area contributed by atoms with E-state index >= 15 is 0 Å². The maximum Gasteiger partial charge on any atom is 0.123 e. The lowest BCUT2D eigenvalue weighted by atomic mass is 10.3. The molecule has 0 aliphatic heterocycles. The minimum absolute atomic E-state index is 0.133. The lowest BCUT2D eigenvalue weighted by molar-refractivity contribution is 0.612. The van der Waals surface area contributed by atoms with E-state index in [-0.39, 0.29) is 16.6 Å². The van der Waals surface area contributed by atoms with Gasteiger partial charge >= 0.3 is 0 Å². The number of benzene rings is 1. The second-order valence-corrected chi connectivity index (χ2v) is 7.90. The van der Waals surface area contributed by atoms with E-state index in [1.54, 1.807) is 18.5 Å². The number of halogens is 1. The quantitative estimate of drug-likeness (QED) is 0.943. The summed E-state index contributed by atoms with van der Waals surface area (Å²) in [4.78, 5) is 4.32. The first kappa shape index (κ1) is 15.9. The average Bonchev–Trinajstić information content (AvgIpc) is 2.88. The second kappa shape index (κ2) is 6.07. The largest absolute Gasteiger partial charge is 0.306 e. The molecule has 21 heavy (non-hydrogen) atoms. The van der Waals surface area contributed by atoms with Gasteiger partial charge in [-0.3, -0.25) is 0 Å². The lowest BCUT2D eigenvalue weighted by Crippen LogP contribution is -2.34. The lowest BCUT2D eigenvalue weighted by Gasteiger charge is -2.21. The zero-order valence-electron chi connectivity index (χ0n) is 12.6. The van der Waals surface area contributed by atoms with Crippen molar-refractivity contribution < 1.29 is 8.60 Å². The first-order chi connectivity index (χ1) is 9.77. The van der Waals surface area contributed by atoms with Crippen LogP contribution in [0.1, 0.15) is 39.4 Å². The normalized spacial score (nSPS) is 14.9. The fourth-order valence-electron chi connectivity index (χ4n) is 1.71. The molecule has 1 aromatic carbocycles. The van der Waals surface area contributed by atoms with E-state index in [0.29, 0.717) is 0 Å². The van der Waals surface area contributed by atoms with Gasteiger partial charge in [-0.05, 0) is 52.0 Å². The Bertz CT molecular complexity index is 631. The summed E-state index contributed by atoms with van der Waals surface area (Å²) in [6.07, 6.45) is 3.52. The molecule has 6 heteroatoms. The Hall–Kier alpha value is -1.53. The van der Waals surface area contributed by atoms with Gasteiger partial charge in [-0.25, -0.2) is 18.3 Å². The molecular weight excluding hydrogens is 289 g/mol. The molecular formula is C15H20FN3OS. The van der Waals surface area contributed by atoms with Crippen LogP contribution < -0.4 is 4.72 Å². The van der Waals surface area contributed by atoms with E-state index in [2.05, 4.69) is 9.71 Å². The Morgan fingerprint density at radius 3 is 2.48 bits per heavy atom. The summed E-state index contributed by atoms with van der Waals surface area (Å²) in [5.41, 5.74) is 1.62. The molecule has 4 nitrogen and oxygen atoms in total. The number of nitrogens with one attached hydrogen (secondary N) is 1. The van der Waals surface area contributed by atoms with Crippen LogP contribution in [0.5, 0.6) is 0 Å². The Kier molecular flexibility index (Phi) is 4.58. The smallest absolute Gasteiger partial charge is 0.123 e. The molecule has 1 N–H and O–H groups in total. The van der Waals surface area contributed by atoms with Crippen LogP contribution in [-0.4, -0.2) is 18.5 Å². The van der Waals surface area contributed by atoms with Crippen LogP contribution in [0, 0.1) is 5.82 Å². The molecule has 114 valence electrons. The molecule has 2 aromatic rings. The van der Waals surface area contributed by atoms with Crippen molar-refractivity contribution in [3.05, 3.63) is 48.3 Å². The minimum Gasteiger partial charge on any atom is -0.306 e. The van der Waals surface area contributed by atoms with E-state index in [1.807, 2.05) is 38.5 Å². The van der Waals surface area contributed by atoms with Crippen LogP contribution >= 0.6 is 0 Å². The molecule has 1 aromatic heterocycles. The molecule has 0 bridgehead atoms. The topological polar surface area (TPSA) is 46.9 Å². The van der Waals surface area contributed by atoms with E-state index in [0.717, 1.165) is 11.4 Å². The highest BCUT2D eigenvalue weighted by atomic mass is 32.2. The van der Waals surface area contributed by atoms with Gasteiger partial charge in [0.25, 0.3) is 0 Å². The van der Waals surface area contributed by atoms with Gasteiger partial charge < -0.3 is 4.57 Å². The van der Waals surface area contributed by atoms with Gasteiger partial charge in [-0.15, -0.1) is 0 Å². The zero-order chi connectivity index (χ0) is 15.6. The summed E-state index contributed by atoms with van der Waals surface area (Å²) in [6, 6.07) is 6.06. The van der Waals surface area contributed by atoms with E-state index < -0.39 is 11.0 Å². The van der Waals surface area contributed by atoms with Crippen LogP contribution in [-0.2, 0) is 11.0 Å². The molecule has 0 saturated heterocycles. The van der Waals surface area contributed by atoms with Crippen molar-refractivity contribution in [3.8, 4) is 5.69 Å². The molecule has 0 aliphatic rings. The van der Waals surface area contributed by atoms with Crippen molar-refractivity contribution in [2.45, 2.75) is 38.5 Å². The summed E-state index contributed by atoms with van der Waals surface area (Å²) >= 11 is 0. The molecule has 0 aliphatic carbocycles. The van der Waals surface area contributed by atoms with Crippen molar-refractivity contribution in [2.24, 2.45) is 0 Å². The predicted molar refractivity (Wildman–Crippen MR) is 83.0 cm³/mol. The number of rotatable bonds is 4. The average molecular weight is 309 g/mol. The van der Waals surface area contributed by atoms with Gasteiger partial charge in [0.15, 0.2) is 0 Å². The Morgan fingerprint density at radius 1 is 1.29 bits per heavy atom. The highest BCUT2D eigenvalue weighted by Crippen LogP contribution is 2.17. The van der Waals surface area contributed by atoms with Gasteiger partial charge in [0.05, 0.1) is 33.8 Å². The highest BCUT2D eigenvalue weighted by Gasteiger charge is 2.22. The van der Waals surface area contributed by atoms with Crippen LogP contribution in [0.2, 0.25) is 0 Å². The fraction of sp³-hybridized carbons (Fsp3) is 0.400. The highest BCUT2D eigenvalue weighted by molar-refractivity contribution is 7.84. The van der Waals surface area contributed by atoms with Crippen molar-refractivity contribution in [1.82, 2.24) is 14.3 Å². The minimum atomic E-state index is -1.16. The van der Waals surface area contributed by atoms with Crippen LogP contribution in [0.15, 0.2) is 36.8 Å². The van der Waals surface area contributed by atoms with Crippen molar-refractivity contribution in [3.63, 3.8) is 0 Å². The summed E-state index contributed by atoms with van der Waals surface area (Å²) in [5.74, 6) is -0.269. The standard InChI is InChI=1S/C15H20FN3OS/c1-11(18-21(20)15(2,3)4)14-9-19(10-17-14)13-7-5-12(16)6-8-13/h5-11,18H,1-4H3/t11-,21-/m0/s1. The third-order valence-electron chi connectivity index (χ3n) is 3.01. The molecule has 0 saturated carbocycles. The Balaban J connectivity index is 2.12. The van der Waals surface area contributed by atoms with Crippen molar-refractivity contribution >= 4 is 11.0 Å². The first-order valence-electron chi connectivity index (χ1n) is 6.75. The summed E-state index contributed by atoms with van der Waals surface area (Å²) < 4.78 is 29.5. The third-order valence-corrected chi connectivity index (χ3v) is 4.69. The van der Waals surface area contributed by atoms with Gasteiger partial charge in [-0.2, -0.15) is 0 Å². The number of nitrogens with zero attached hydrogens (tertiary/aromatic N) is 2. The fourth-order valence-corrected chi connectivity index (χ4v) is 2.51. The summed E-state index contributed by atoms with van der Waals surface area (Å²) in [5, 5.41) is 0. The predicted octanol–water partition coefficient (Wildman–Crippen LogP) is 3.12. The zero-order valence-corrected chi connectivity index (χ0v) is 13.4. The van der Waals surface area contributed by atoms with Crippen LogP contribution in [0.25, 0.3) is 5.69 Å². The number of aromatic nitrogens is 2. The van der Waals surface area contributed by atoms with Gasteiger partial charge in [0.1, 0.15) is 5.82 Å². The molecule has 2 rings (SSSR count). The molecule has 0 spiro atoms. The van der Waals surface area contributed by atoms with Crippen LogP contribution in [0.3, 0.4) is 0 Å². The SMILES string of the molecule is C[C@H](N[S@@](=O)C(C)(C)C)c1cn(-c2ccc(F)cc2)cn1. The summed E-state index contributed by atoms with van der Waals surface area (Å²) in [6.45, 7) is 7.67. The number of imidazole rings is 1. The molecule has 0 unspecified atom stereocenters. The monoisotopic (exact) mass is 309 g/mol. The Morgan fingerprint density at radius 2 is 1.90 bits per heavy atom. The molecule has 0 amide bonds. The molecule has 0 radical (unpaired) electrons. The van der Waals surface area contributed by atoms with Gasteiger partial charge in [0, 0.05) is 11.9 Å². The van der Waals surface area contributed by atoms with E-state index in [9.17, 15) is 8.60 Å².